The summed E-state index contributed by atoms with van der Waals surface area (Å²) in [6, 6.07) is 0.274. The van der Waals surface area contributed by atoms with Crippen LogP contribution in [-0.2, 0) is 4.74 Å². The lowest BCUT2D eigenvalue weighted by Crippen LogP contribution is -2.30. The number of hydrogen-bond donors (Lipinski definition) is 2. The van der Waals surface area contributed by atoms with Crippen molar-refractivity contribution in [2.75, 3.05) is 24.3 Å². The summed E-state index contributed by atoms with van der Waals surface area (Å²) in [5, 5.41) is 7.08. The summed E-state index contributed by atoms with van der Waals surface area (Å²) in [5.74, 6) is 1.30. The van der Waals surface area contributed by atoms with Crippen LogP contribution in [0, 0.1) is 0 Å². The van der Waals surface area contributed by atoms with Crippen molar-refractivity contribution in [3.8, 4) is 0 Å². The maximum Gasteiger partial charge on any atom is 0.224 e. The predicted octanol–water partition coefficient (Wildman–Crippen LogP) is 2.93. The molecule has 1 fully saturated rings. The molecule has 2 rings (SSSR count). The number of aromatic nitrogens is 2. The van der Waals surface area contributed by atoms with Crippen molar-refractivity contribution < 1.29 is 4.74 Å². The minimum absolute atomic E-state index is 0.234. The van der Waals surface area contributed by atoms with Crippen molar-refractivity contribution in [3.05, 3.63) is 11.2 Å². The van der Waals surface area contributed by atoms with Gasteiger partial charge in [-0.05, 0) is 25.7 Å². The molecule has 5 nitrogen and oxygen atoms in total. The summed E-state index contributed by atoms with van der Waals surface area (Å²) in [7, 11) is 1.75. The molecule has 2 N–H and O–H groups in total. The first kappa shape index (κ1) is 14.3. The molecule has 2 atom stereocenters. The molecular formula is C13H21ClN4O. The zero-order valence-electron chi connectivity index (χ0n) is 11.4. The second kappa shape index (κ2) is 6.91. The van der Waals surface area contributed by atoms with Gasteiger partial charge < -0.3 is 15.4 Å². The summed E-state index contributed by atoms with van der Waals surface area (Å²) in [6.45, 7) is 2.95. The quantitative estimate of drug-likeness (QED) is 0.841. The zero-order valence-corrected chi connectivity index (χ0v) is 12.2. The van der Waals surface area contributed by atoms with E-state index in [2.05, 4.69) is 27.5 Å². The number of nitrogens with zero attached hydrogens (tertiary/aromatic N) is 2. The molecule has 0 radical (unpaired) electrons. The fourth-order valence-electron chi connectivity index (χ4n) is 2.34. The topological polar surface area (TPSA) is 59.1 Å². The van der Waals surface area contributed by atoms with Crippen LogP contribution in [0.2, 0.25) is 5.02 Å². The normalized spacial score (nSPS) is 22.5. The van der Waals surface area contributed by atoms with Crippen molar-refractivity contribution in [2.45, 2.75) is 44.8 Å². The molecule has 1 aliphatic carbocycles. The second-order valence-electron chi connectivity index (χ2n) is 4.77. The number of rotatable bonds is 6. The van der Waals surface area contributed by atoms with E-state index in [1.54, 1.807) is 13.3 Å². The Labute approximate surface area is 119 Å². The maximum atomic E-state index is 6.14. The van der Waals surface area contributed by atoms with Gasteiger partial charge >= 0.3 is 0 Å². The van der Waals surface area contributed by atoms with E-state index in [-0.39, 0.29) is 12.1 Å². The lowest BCUT2D eigenvalue weighted by Gasteiger charge is -2.21. The summed E-state index contributed by atoms with van der Waals surface area (Å²) in [5.41, 5.74) is 0. The van der Waals surface area contributed by atoms with Crippen LogP contribution < -0.4 is 10.6 Å². The molecular weight excluding hydrogens is 264 g/mol. The average Bonchev–Trinajstić information content (AvgIpc) is 2.87. The molecule has 0 bridgehead atoms. The number of ether oxygens (including phenoxy) is 1. The number of halogens is 1. The monoisotopic (exact) mass is 284 g/mol. The van der Waals surface area contributed by atoms with Gasteiger partial charge in [-0.25, -0.2) is 4.98 Å². The van der Waals surface area contributed by atoms with Gasteiger partial charge in [0.2, 0.25) is 5.95 Å². The van der Waals surface area contributed by atoms with Crippen LogP contribution in [0.4, 0.5) is 11.8 Å². The van der Waals surface area contributed by atoms with Gasteiger partial charge in [-0.3, -0.25) is 0 Å². The van der Waals surface area contributed by atoms with E-state index < -0.39 is 0 Å². The van der Waals surface area contributed by atoms with Crippen LogP contribution in [0.3, 0.4) is 0 Å². The van der Waals surface area contributed by atoms with Crippen molar-refractivity contribution in [3.63, 3.8) is 0 Å². The van der Waals surface area contributed by atoms with Crippen molar-refractivity contribution >= 4 is 23.4 Å². The van der Waals surface area contributed by atoms with Gasteiger partial charge in [0.05, 0.1) is 18.3 Å². The van der Waals surface area contributed by atoms with E-state index in [0.717, 1.165) is 25.8 Å². The molecule has 6 heteroatoms. The number of anilines is 2. The van der Waals surface area contributed by atoms with Crippen molar-refractivity contribution in [1.82, 2.24) is 9.97 Å². The Morgan fingerprint density at radius 3 is 3.05 bits per heavy atom. The number of nitrogens with one attached hydrogen (secondary N) is 2. The van der Waals surface area contributed by atoms with Gasteiger partial charge in [0.1, 0.15) is 5.02 Å². The summed E-state index contributed by atoms with van der Waals surface area (Å²) in [4.78, 5) is 8.59. The smallest absolute Gasteiger partial charge is 0.224 e. The highest BCUT2D eigenvalue weighted by Gasteiger charge is 2.27. The van der Waals surface area contributed by atoms with Gasteiger partial charge in [-0.1, -0.05) is 18.5 Å². The molecule has 1 aromatic rings. The van der Waals surface area contributed by atoms with E-state index in [0.29, 0.717) is 16.8 Å². The fourth-order valence-corrected chi connectivity index (χ4v) is 2.48. The SMILES string of the molecule is CCCNc1ncc(Cl)c(NC2CCCC2OC)n1. The standard InChI is InChI=1S/C13H21ClN4O/c1-3-7-15-13-16-8-9(14)12(18-13)17-10-5-4-6-11(10)19-2/h8,10-11H,3-7H2,1-2H3,(H2,15,16,17,18). The lowest BCUT2D eigenvalue weighted by molar-refractivity contribution is 0.101. The third-order valence-corrected chi connectivity index (χ3v) is 3.63. The van der Waals surface area contributed by atoms with Gasteiger partial charge in [-0.15, -0.1) is 0 Å². The highest BCUT2D eigenvalue weighted by Crippen LogP contribution is 2.27. The van der Waals surface area contributed by atoms with Crippen LogP contribution in [0.1, 0.15) is 32.6 Å². The van der Waals surface area contributed by atoms with E-state index in [9.17, 15) is 0 Å². The molecule has 1 saturated carbocycles. The molecule has 1 aromatic heterocycles. The molecule has 19 heavy (non-hydrogen) atoms. The molecule has 2 unspecified atom stereocenters. The van der Waals surface area contributed by atoms with Crippen LogP contribution in [-0.4, -0.2) is 35.8 Å². The Balaban J connectivity index is 2.05. The van der Waals surface area contributed by atoms with Crippen molar-refractivity contribution in [2.24, 2.45) is 0 Å². The van der Waals surface area contributed by atoms with Crippen LogP contribution >= 0.6 is 11.6 Å². The minimum atomic E-state index is 0.234. The molecule has 0 aromatic carbocycles. The first-order valence-electron chi connectivity index (χ1n) is 6.80. The first-order valence-corrected chi connectivity index (χ1v) is 7.18. The Kier molecular flexibility index (Phi) is 5.22. The van der Waals surface area contributed by atoms with Gasteiger partial charge in [0, 0.05) is 13.7 Å². The minimum Gasteiger partial charge on any atom is -0.379 e. The summed E-state index contributed by atoms with van der Waals surface area (Å²) < 4.78 is 5.47. The van der Waals surface area contributed by atoms with Gasteiger partial charge in [0.15, 0.2) is 5.82 Å². The molecule has 1 heterocycles. The summed E-state index contributed by atoms with van der Waals surface area (Å²) in [6.07, 6.45) is 6.22. The predicted molar refractivity (Wildman–Crippen MR) is 77.9 cm³/mol. The Morgan fingerprint density at radius 2 is 2.32 bits per heavy atom. The van der Waals surface area contributed by atoms with Crippen LogP contribution in [0.15, 0.2) is 6.20 Å². The lowest BCUT2D eigenvalue weighted by atomic mass is 10.2. The largest absolute Gasteiger partial charge is 0.379 e. The molecule has 0 amide bonds. The Morgan fingerprint density at radius 1 is 1.47 bits per heavy atom. The molecule has 1 aliphatic rings. The van der Waals surface area contributed by atoms with Crippen LogP contribution in [0.25, 0.3) is 0 Å². The van der Waals surface area contributed by atoms with Gasteiger partial charge in [-0.2, -0.15) is 4.98 Å². The highest BCUT2D eigenvalue weighted by molar-refractivity contribution is 6.32. The molecule has 0 spiro atoms. The zero-order chi connectivity index (χ0) is 13.7. The first-order chi connectivity index (χ1) is 9.24. The molecule has 0 aliphatic heterocycles. The number of methoxy groups -OCH3 is 1. The second-order valence-corrected chi connectivity index (χ2v) is 5.18. The van der Waals surface area contributed by atoms with E-state index in [4.69, 9.17) is 16.3 Å². The average molecular weight is 285 g/mol. The Hall–Kier alpha value is -1.07. The van der Waals surface area contributed by atoms with E-state index in [1.165, 1.54) is 6.42 Å². The van der Waals surface area contributed by atoms with Gasteiger partial charge in [0.25, 0.3) is 0 Å². The summed E-state index contributed by atoms with van der Waals surface area (Å²) >= 11 is 6.14. The number of hydrogen-bond acceptors (Lipinski definition) is 5. The van der Waals surface area contributed by atoms with Crippen LogP contribution in [0.5, 0.6) is 0 Å². The molecule has 106 valence electrons. The third kappa shape index (κ3) is 3.70. The highest BCUT2D eigenvalue weighted by atomic mass is 35.5. The fraction of sp³-hybridized carbons (Fsp3) is 0.692. The maximum absolute atomic E-state index is 6.14. The Bertz CT molecular complexity index is 416. The van der Waals surface area contributed by atoms with Crippen molar-refractivity contribution in [1.29, 1.82) is 0 Å². The third-order valence-electron chi connectivity index (χ3n) is 3.35. The van der Waals surface area contributed by atoms with E-state index in [1.807, 2.05) is 0 Å². The molecule has 0 saturated heterocycles. The van der Waals surface area contributed by atoms with E-state index >= 15 is 0 Å².